The summed E-state index contributed by atoms with van der Waals surface area (Å²) in [6.45, 7) is 7.57. The van der Waals surface area contributed by atoms with Gasteiger partial charge in [0.15, 0.2) is 5.65 Å². The Labute approximate surface area is 214 Å². The number of aromatic nitrogens is 4. The summed E-state index contributed by atoms with van der Waals surface area (Å²) >= 11 is 1.72. The normalized spacial score (nSPS) is 18.3. The second kappa shape index (κ2) is 8.71. The molecule has 8 heteroatoms. The largest absolute Gasteiger partial charge is 0.477 e. The number of hydrogen-bond donors (Lipinski definition) is 0. The standard InChI is InChI=1S/C28H28N6OS/c1-29-25-5-4-24(36-23-6-11-31-27-21(23)7-14-35-27)26-32-17-20(34(25)26)18-33-12-8-28(9-13-33)15-19-3-2-10-30-22(19)16-28/h2-6,10-11,17H,1,7-9,12-16,18H2. The van der Waals surface area contributed by atoms with Gasteiger partial charge in [0.2, 0.25) is 5.88 Å². The molecule has 2 aliphatic heterocycles. The van der Waals surface area contributed by atoms with E-state index >= 15 is 0 Å². The predicted octanol–water partition coefficient (Wildman–Crippen LogP) is 4.92. The third-order valence-electron chi connectivity index (χ3n) is 8.01. The number of nitrogens with zero attached hydrogens (tertiary/aromatic N) is 6. The summed E-state index contributed by atoms with van der Waals surface area (Å²) in [5.74, 6) is 1.59. The predicted molar refractivity (Wildman–Crippen MR) is 141 cm³/mol. The minimum Gasteiger partial charge on any atom is -0.477 e. The van der Waals surface area contributed by atoms with Gasteiger partial charge in [0.1, 0.15) is 5.82 Å². The third kappa shape index (κ3) is 3.71. The van der Waals surface area contributed by atoms with Crippen LogP contribution in [0.15, 0.2) is 63.7 Å². The first-order valence-electron chi connectivity index (χ1n) is 12.6. The Balaban J connectivity index is 1.12. The fourth-order valence-electron chi connectivity index (χ4n) is 6.09. The highest BCUT2D eigenvalue weighted by Crippen LogP contribution is 2.44. The molecule has 0 amide bonds. The quantitative estimate of drug-likeness (QED) is 0.365. The van der Waals surface area contributed by atoms with E-state index in [4.69, 9.17) is 9.72 Å². The molecule has 36 heavy (non-hydrogen) atoms. The SMILES string of the molecule is C=Nc1ccc(Sc2ccnc3c2CCO3)c2ncc(CN3CCC4(CC3)Cc3cccnc3C4)n12. The fourth-order valence-corrected chi connectivity index (χ4v) is 7.14. The highest BCUT2D eigenvalue weighted by Gasteiger charge is 2.40. The van der Waals surface area contributed by atoms with E-state index in [1.165, 1.54) is 41.0 Å². The average molecular weight is 497 g/mol. The van der Waals surface area contributed by atoms with Gasteiger partial charge in [0, 0.05) is 41.5 Å². The van der Waals surface area contributed by atoms with Gasteiger partial charge in [-0.1, -0.05) is 17.8 Å². The number of fused-ring (bicyclic) bond motifs is 3. The molecule has 1 fully saturated rings. The monoisotopic (exact) mass is 496 g/mol. The van der Waals surface area contributed by atoms with Crippen molar-refractivity contribution in [1.82, 2.24) is 24.3 Å². The lowest BCUT2D eigenvalue weighted by Crippen LogP contribution is -2.40. The summed E-state index contributed by atoms with van der Waals surface area (Å²) in [7, 11) is 0. The molecule has 0 bridgehead atoms. The number of piperidine rings is 1. The summed E-state index contributed by atoms with van der Waals surface area (Å²) in [6.07, 6.45) is 11.4. The van der Waals surface area contributed by atoms with Crippen molar-refractivity contribution in [2.24, 2.45) is 10.4 Å². The molecule has 0 aromatic carbocycles. The Morgan fingerprint density at radius 1 is 1.03 bits per heavy atom. The molecule has 0 unspecified atom stereocenters. The molecular formula is C28H28N6OS. The van der Waals surface area contributed by atoms with Gasteiger partial charge in [-0.25, -0.2) is 15.0 Å². The van der Waals surface area contributed by atoms with Gasteiger partial charge in [-0.3, -0.25) is 14.3 Å². The van der Waals surface area contributed by atoms with Crippen LogP contribution in [0.1, 0.15) is 35.4 Å². The first-order valence-corrected chi connectivity index (χ1v) is 13.4. The number of imidazole rings is 1. The van der Waals surface area contributed by atoms with Gasteiger partial charge >= 0.3 is 0 Å². The number of likely N-dealkylation sites (tertiary alicyclic amines) is 1. The highest BCUT2D eigenvalue weighted by molar-refractivity contribution is 7.99. The van der Waals surface area contributed by atoms with Crippen LogP contribution in [0.3, 0.4) is 0 Å². The van der Waals surface area contributed by atoms with Crippen LogP contribution in [0.4, 0.5) is 5.82 Å². The maximum atomic E-state index is 5.66. The Morgan fingerprint density at radius 2 is 1.94 bits per heavy atom. The molecule has 3 aliphatic rings. The fraction of sp³-hybridized carbons (Fsp3) is 0.357. The van der Waals surface area contributed by atoms with Crippen molar-refractivity contribution in [3.05, 3.63) is 71.4 Å². The van der Waals surface area contributed by atoms with Crippen LogP contribution >= 0.6 is 11.8 Å². The molecule has 1 spiro atoms. The van der Waals surface area contributed by atoms with Crippen LogP contribution < -0.4 is 4.74 Å². The number of hydrogen-bond acceptors (Lipinski definition) is 7. The molecule has 0 radical (unpaired) electrons. The van der Waals surface area contributed by atoms with Crippen LogP contribution in [0.5, 0.6) is 5.88 Å². The van der Waals surface area contributed by atoms with Crippen molar-refractivity contribution >= 4 is 29.9 Å². The highest BCUT2D eigenvalue weighted by atomic mass is 32.2. The lowest BCUT2D eigenvalue weighted by molar-refractivity contribution is 0.105. The van der Waals surface area contributed by atoms with Crippen LogP contribution in [0.25, 0.3) is 5.65 Å². The lowest BCUT2D eigenvalue weighted by Gasteiger charge is -2.39. The van der Waals surface area contributed by atoms with E-state index in [1.54, 1.807) is 11.8 Å². The van der Waals surface area contributed by atoms with Gasteiger partial charge in [-0.2, -0.15) is 0 Å². The first-order chi connectivity index (χ1) is 17.7. The molecule has 0 N–H and O–H groups in total. The lowest BCUT2D eigenvalue weighted by atomic mass is 9.76. The van der Waals surface area contributed by atoms with E-state index in [2.05, 4.69) is 55.2 Å². The van der Waals surface area contributed by atoms with Gasteiger partial charge < -0.3 is 4.74 Å². The molecule has 1 saturated heterocycles. The molecule has 4 aromatic heterocycles. The number of aliphatic imine (C=N–C) groups is 1. The first kappa shape index (κ1) is 22.0. The van der Waals surface area contributed by atoms with Crippen LogP contribution in [0, 0.1) is 5.41 Å². The third-order valence-corrected chi connectivity index (χ3v) is 9.15. The van der Waals surface area contributed by atoms with Gasteiger partial charge in [-0.15, -0.1) is 0 Å². The maximum absolute atomic E-state index is 5.66. The average Bonchev–Trinajstić information content (AvgIpc) is 3.63. The van der Waals surface area contributed by atoms with Crippen molar-refractivity contribution in [2.75, 3.05) is 19.7 Å². The van der Waals surface area contributed by atoms with Crippen LogP contribution in [-0.2, 0) is 25.8 Å². The molecule has 4 aromatic rings. The minimum absolute atomic E-state index is 0.388. The summed E-state index contributed by atoms with van der Waals surface area (Å²) in [5.41, 5.74) is 6.42. The zero-order valence-corrected chi connectivity index (χ0v) is 21.0. The Hall–Kier alpha value is -3.23. The molecular weight excluding hydrogens is 468 g/mol. The molecule has 7 nitrogen and oxygen atoms in total. The number of ether oxygens (including phenoxy) is 1. The molecule has 6 heterocycles. The van der Waals surface area contributed by atoms with Crippen molar-refractivity contribution in [2.45, 2.75) is 48.4 Å². The van der Waals surface area contributed by atoms with E-state index < -0.39 is 0 Å². The van der Waals surface area contributed by atoms with E-state index in [0.29, 0.717) is 12.0 Å². The Bertz CT molecular complexity index is 1450. The Kier molecular flexibility index (Phi) is 5.32. The maximum Gasteiger partial charge on any atom is 0.217 e. The van der Waals surface area contributed by atoms with Gasteiger partial charge in [0.05, 0.1) is 23.4 Å². The minimum atomic E-state index is 0.388. The topological polar surface area (TPSA) is 67.9 Å². The summed E-state index contributed by atoms with van der Waals surface area (Å²) < 4.78 is 7.84. The second-order valence-electron chi connectivity index (χ2n) is 10.2. The van der Waals surface area contributed by atoms with Crippen LogP contribution in [0.2, 0.25) is 0 Å². The van der Waals surface area contributed by atoms with Crippen molar-refractivity contribution < 1.29 is 4.74 Å². The van der Waals surface area contributed by atoms with Gasteiger partial charge in [-0.05, 0) is 80.7 Å². The zero-order chi connectivity index (χ0) is 24.1. The van der Waals surface area contributed by atoms with Crippen molar-refractivity contribution in [1.29, 1.82) is 0 Å². The zero-order valence-electron chi connectivity index (χ0n) is 20.2. The number of pyridine rings is 3. The molecule has 182 valence electrons. The molecule has 7 rings (SSSR count). The second-order valence-corrected chi connectivity index (χ2v) is 11.2. The van der Waals surface area contributed by atoms with Gasteiger partial charge in [0.25, 0.3) is 0 Å². The summed E-state index contributed by atoms with van der Waals surface area (Å²) in [4.78, 5) is 23.0. The van der Waals surface area contributed by atoms with Crippen molar-refractivity contribution in [3.8, 4) is 5.88 Å². The number of rotatable bonds is 5. The molecule has 1 aliphatic carbocycles. The Morgan fingerprint density at radius 3 is 2.81 bits per heavy atom. The molecule has 0 atom stereocenters. The van der Waals surface area contributed by atoms with E-state index in [-0.39, 0.29) is 0 Å². The van der Waals surface area contributed by atoms with E-state index in [9.17, 15) is 0 Å². The van der Waals surface area contributed by atoms with E-state index in [1.807, 2.05) is 24.7 Å². The van der Waals surface area contributed by atoms with Crippen molar-refractivity contribution in [3.63, 3.8) is 0 Å². The summed E-state index contributed by atoms with van der Waals surface area (Å²) in [6, 6.07) is 10.5. The molecule has 0 saturated carbocycles. The summed E-state index contributed by atoms with van der Waals surface area (Å²) in [5, 5.41) is 0. The smallest absolute Gasteiger partial charge is 0.217 e. The van der Waals surface area contributed by atoms with E-state index in [0.717, 1.165) is 60.4 Å². The van der Waals surface area contributed by atoms with Crippen LogP contribution in [-0.4, -0.2) is 50.7 Å².